The molecule has 2 aromatic rings. The van der Waals surface area contributed by atoms with E-state index >= 15 is 0 Å². The lowest BCUT2D eigenvalue weighted by Gasteiger charge is -1.95. The first-order valence-electron chi connectivity index (χ1n) is 3.68. The fourth-order valence-corrected chi connectivity index (χ4v) is 1.42. The van der Waals surface area contributed by atoms with Gasteiger partial charge in [-0.25, -0.2) is 14.8 Å². The summed E-state index contributed by atoms with van der Waals surface area (Å²) in [4.78, 5) is 21.8. The minimum absolute atomic E-state index is 0.239. The zero-order valence-corrected chi connectivity index (χ0v) is 7.88. The second-order valence-electron chi connectivity index (χ2n) is 2.75. The molecule has 0 saturated heterocycles. The first kappa shape index (κ1) is 8.25. The van der Waals surface area contributed by atoms with Gasteiger partial charge in [-0.1, -0.05) is 11.6 Å². The number of fused-ring (bicyclic) bond motifs is 1. The van der Waals surface area contributed by atoms with Crippen LogP contribution in [0.2, 0.25) is 5.15 Å². The largest absolute Gasteiger partial charge is 0.327 e. The highest BCUT2D eigenvalue weighted by Crippen LogP contribution is 2.15. The molecule has 0 aliphatic rings. The van der Waals surface area contributed by atoms with Crippen molar-refractivity contribution in [3.05, 3.63) is 21.5 Å². The molecule has 0 aliphatic carbocycles. The van der Waals surface area contributed by atoms with E-state index in [2.05, 4.69) is 15.0 Å². The van der Waals surface area contributed by atoms with Gasteiger partial charge in [-0.2, -0.15) is 0 Å². The lowest BCUT2D eigenvalue weighted by atomic mass is 10.5. The van der Waals surface area contributed by atoms with Gasteiger partial charge in [0.1, 0.15) is 11.3 Å². The Kier molecular flexibility index (Phi) is 1.63. The first-order chi connectivity index (χ1) is 6.09. The second kappa shape index (κ2) is 2.56. The van der Waals surface area contributed by atoms with Crippen molar-refractivity contribution in [3.8, 4) is 0 Å². The second-order valence-corrected chi connectivity index (χ2v) is 3.11. The lowest BCUT2D eigenvalue weighted by molar-refractivity contribution is 0.873. The summed E-state index contributed by atoms with van der Waals surface area (Å²) in [6.45, 7) is 1.72. The zero-order valence-electron chi connectivity index (χ0n) is 7.13. The molecular weight excluding hydrogens is 192 g/mol. The van der Waals surface area contributed by atoms with Crippen LogP contribution in [0.4, 0.5) is 0 Å². The third kappa shape index (κ3) is 1.12. The van der Waals surface area contributed by atoms with Crippen LogP contribution in [0.5, 0.6) is 0 Å². The average Bonchev–Trinajstić information content (AvgIpc) is 2.32. The number of halogens is 1. The van der Waals surface area contributed by atoms with Crippen molar-refractivity contribution in [2.75, 3.05) is 0 Å². The Morgan fingerprint density at radius 3 is 2.85 bits per heavy atom. The molecule has 6 heteroatoms. The Balaban J connectivity index is 3.03. The Morgan fingerprint density at radius 1 is 1.46 bits per heavy atom. The number of H-pyrrole nitrogens is 1. The van der Waals surface area contributed by atoms with Crippen LogP contribution in [-0.2, 0) is 7.05 Å². The molecule has 0 spiro atoms. The summed E-state index contributed by atoms with van der Waals surface area (Å²) in [5.41, 5.74) is 0.777. The minimum Gasteiger partial charge on any atom is -0.302 e. The van der Waals surface area contributed by atoms with Crippen LogP contribution in [0.1, 0.15) is 5.82 Å². The van der Waals surface area contributed by atoms with Crippen molar-refractivity contribution in [2.24, 2.45) is 7.05 Å². The molecule has 68 valence electrons. The molecule has 2 aromatic heterocycles. The Bertz CT molecular complexity index is 527. The number of nitrogens with zero attached hydrogens (tertiary/aromatic N) is 3. The van der Waals surface area contributed by atoms with E-state index in [9.17, 15) is 4.79 Å². The summed E-state index contributed by atoms with van der Waals surface area (Å²) in [5, 5.41) is 0.278. The van der Waals surface area contributed by atoms with E-state index in [1.54, 1.807) is 14.0 Å². The number of aryl methyl sites for hydroxylation is 2. The highest BCUT2D eigenvalue weighted by molar-refractivity contribution is 6.33. The van der Waals surface area contributed by atoms with Gasteiger partial charge >= 0.3 is 5.69 Å². The quantitative estimate of drug-likeness (QED) is 0.632. The highest BCUT2D eigenvalue weighted by atomic mass is 35.5. The number of hydrogen-bond donors (Lipinski definition) is 1. The van der Waals surface area contributed by atoms with Crippen LogP contribution in [0.3, 0.4) is 0 Å². The Hall–Kier alpha value is -1.36. The third-order valence-corrected chi connectivity index (χ3v) is 2.09. The molecule has 2 rings (SSSR count). The van der Waals surface area contributed by atoms with E-state index in [1.165, 1.54) is 4.57 Å². The van der Waals surface area contributed by atoms with Crippen LogP contribution < -0.4 is 5.69 Å². The molecule has 5 nitrogen and oxygen atoms in total. The summed E-state index contributed by atoms with van der Waals surface area (Å²) in [6, 6.07) is 0. The molecule has 2 heterocycles. The predicted molar refractivity (Wildman–Crippen MR) is 48.9 cm³/mol. The van der Waals surface area contributed by atoms with E-state index in [0.717, 1.165) is 0 Å². The molecular formula is C7H7ClN4O. The molecule has 0 atom stereocenters. The van der Waals surface area contributed by atoms with E-state index < -0.39 is 0 Å². The molecule has 1 N–H and O–H groups in total. The Morgan fingerprint density at radius 2 is 2.15 bits per heavy atom. The maximum absolute atomic E-state index is 11.2. The maximum atomic E-state index is 11.2. The normalized spacial score (nSPS) is 11.0. The Labute approximate surface area is 78.4 Å². The van der Waals surface area contributed by atoms with Crippen molar-refractivity contribution in [3.63, 3.8) is 0 Å². The lowest BCUT2D eigenvalue weighted by Crippen LogP contribution is -2.12. The number of rotatable bonds is 0. The van der Waals surface area contributed by atoms with Gasteiger partial charge in [0, 0.05) is 7.05 Å². The van der Waals surface area contributed by atoms with Gasteiger partial charge in [-0.3, -0.25) is 4.57 Å². The number of imidazole rings is 1. The first-order valence-corrected chi connectivity index (χ1v) is 4.06. The van der Waals surface area contributed by atoms with Crippen LogP contribution >= 0.6 is 11.6 Å². The topological polar surface area (TPSA) is 63.6 Å². The molecule has 0 unspecified atom stereocenters. The molecule has 0 amide bonds. The summed E-state index contributed by atoms with van der Waals surface area (Å²) in [7, 11) is 1.63. The van der Waals surface area contributed by atoms with Gasteiger partial charge in [0.25, 0.3) is 0 Å². The summed E-state index contributed by atoms with van der Waals surface area (Å²) in [6.07, 6.45) is 0. The van der Waals surface area contributed by atoms with Gasteiger partial charge in [-0.15, -0.1) is 0 Å². The number of aromatic amines is 1. The van der Waals surface area contributed by atoms with Crippen molar-refractivity contribution >= 4 is 22.8 Å². The van der Waals surface area contributed by atoms with Gasteiger partial charge < -0.3 is 4.98 Å². The molecule has 0 bridgehead atoms. The van der Waals surface area contributed by atoms with Crippen molar-refractivity contribution in [1.82, 2.24) is 19.5 Å². The molecule has 0 saturated carbocycles. The molecule has 13 heavy (non-hydrogen) atoms. The summed E-state index contributed by atoms with van der Waals surface area (Å²) < 4.78 is 1.40. The van der Waals surface area contributed by atoms with Gasteiger partial charge in [-0.05, 0) is 6.92 Å². The third-order valence-electron chi connectivity index (χ3n) is 1.81. The predicted octanol–water partition coefficient (Wildman–Crippen LogP) is 0.618. The fourth-order valence-electron chi connectivity index (χ4n) is 1.16. The van der Waals surface area contributed by atoms with E-state index in [0.29, 0.717) is 17.0 Å². The molecule has 0 aromatic carbocycles. The van der Waals surface area contributed by atoms with E-state index in [4.69, 9.17) is 11.6 Å². The number of aromatic nitrogens is 4. The van der Waals surface area contributed by atoms with Crippen molar-refractivity contribution in [2.45, 2.75) is 6.92 Å². The smallest absolute Gasteiger partial charge is 0.302 e. The molecule has 0 radical (unpaired) electrons. The molecule has 0 fully saturated rings. The monoisotopic (exact) mass is 198 g/mol. The van der Waals surface area contributed by atoms with Crippen molar-refractivity contribution < 1.29 is 0 Å². The number of nitrogens with one attached hydrogen (secondary N) is 1. The van der Waals surface area contributed by atoms with Gasteiger partial charge in [0.15, 0.2) is 10.8 Å². The minimum atomic E-state index is -0.239. The average molecular weight is 199 g/mol. The van der Waals surface area contributed by atoms with E-state index in [1.807, 2.05) is 0 Å². The van der Waals surface area contributed by atoms with Crippen LogP contribution in [-0.4, -0.2) is 19.5 Å². The van der Waals surface area contributed by atoms with Crippen molar-refractivity contribution in [1.29, 1.82) is 0 Å². The standard InChI is InChI=1S/C7H7ClN4O/c1-3-9-5(8)4-6(10-3)12(2)7(13)11-4/h1-2H3,(H,11,13). The summed E-state index contributed by atoms with van der Waals surface area (Å²) in [5.74, 6) is 0.548. The van der Waals surface area contributed by atoms with Gasteiger partial charge in [0.05, 0.1) is 0 Å². The SMILES string of the molecule is Cc1nc(Cl)c2[nH]c(=O)n(C)c2n1. The van der Waals surface area contributed by atoms with E-state index in [-0.39, 0.29) is 10.8 Å². The zero-order chi connectivity index (χ0) is 9.59. The highest BCUT2D eigenvalue weighted by Gasteiger charge is 2.09. The van der Waals surface area contributed by atoms with Gasteiger partial charge in [0.2, 0.25) is 0 Å². The van der Waals surface area contributed by atoms with Crippen LogP contribution in [0, 0.1) is 6.92 Å². The van der Waals surface area contributed by atoms with Crippen LogP contribution in [0.25, 0.3) is 11.2 Å². The molecule has 0 aliphatic heterocycles. The summed E-state index contributed by atoms with van der Waals surface area (Å²) >= 11 is 5.81. The maximum Gasteiger partial charge on any atom is 0.327 e. The fraction of sp³-hybridized carbons (Fsp3) is 0.286. The number of hydrogen-bond acceptors (Lipinski definition) is 3. The van der Waals surface area contributed by atoms with Crippen LogP contribution in [0.15, 0.2) is 4.79 Å².